The van der Waals surface area contributed by atoms with Crippen molar-refractivity contribution >= 4 is 22.7 Å². The molecule has 0 saturated carbocycles. The van der Waals surface area contributed by atoms with Crippen LogP contribution in [0, 0.1) is 11.8 Å². The normalized spacial score (nSPS) is 21.6. The van der Waals surface area contributed by atoms with Crippen LogP contribution >= 0.6 is 0 Å². The van der Waals surface area contributed by atoms with Gasteiger partial charge in [0.05, 0.1) is 12.4 Å². The van der Waals surface area contributed by atoms with Gasteiger partial charge in [-0.2, -0.15) is 18.3 Å². The van der Waals surface area contributed by atoms with Crippen LogP contribution in [0.1, 0.15) is 12.1 Å². The largest absolute Gasteiger partial charge is 0.433 e. The zero-order valence-corrected chi connectivity index (χ0v) is 16.9. The summed E-state index contributed by atoms with van der Waals surface area (Å²) in [5, 5.41) is 3.94. The second-order valence-corrected chi connectivity index (χ2v) is 8.21. The highest BCUT2D eigenvalue weighted by molar-refractivity contribution is 5.71. The lowest BCUT2D eigenvalue weighted by molar-refractivity contribution is -0.141. The molecule has 2 atom stereocenters. The summed E-state index contributed by atoms with van der Waals surface area (Å²) in [6.45, 7) is 2.14. The number of rotatable bonds is 4. The molecule has 0 aromatic carbocycles. The van der Waals surface area contributed by atoms with E-state index in [2.05, 4.69) is 25.0 Å². The van der Waals surface area contributed by atoms with Gasteiger partial charge in [0, 0.05) is 38.1 Å². The molecular weight excluding hydrogens is 433 g/mol. The Morgan fingerprint density at radius 2 is 1.81 bits per heavy atom. The van der Waals surface area contributed by atoms with Crippen LogP contribution in [-0.4, -0.2) is 57.3 Å². The Labute approximate surface area is 179 Å². The molecule has 0 amide bonds. The molecular formula is C20H20F5N7. The van der Waals surface area contributed by atoms with Gasteiger partial charge in [0.15, 0.2) is 5.65 Å². The fourth-order valence-corrected chi connectivity index (χ4v) is 4.62. The maximum atomic E-state index is 13.0. The minimum Gasteiger partial charge on any atom is -0.371 e. The molecule has 170 valence electrons. The van der Waals surface area contributed by atoms with E-state index in [0.717, 1.165) is 23.7 Å². The van der Waals surface area contributed by atoms with E-state index in [-0.39, 0.29) is 5.92 Å². The maximum Gasteiger partial charge on any atom is 0.433 e. The predicted octanol–water partition coefficient (Wildman–Crippen LogP) is 3.47. The van der Waals surface area contributed by atoms with Gasteiger partial charge in [-0.1, -0.05) is 0 Å². The van der Waals surface area contributed by atoms with Crippen molar-refractivity contribution in [3.63, 3.8) is 0 Å². The van der Waals surface area contributed by atoms with Crippen molar-refractivity contribution in [3.05, 3.63) is 36.4 Å². The summed E-state index contributed by atoms with van der Waals surface area (Å²) >= 11 is 0. The number of nitrogens with zero attached hydrogens (tertiary/aromatic N) is 7. The molecule has 2 saturated heterocycles. The number of hydrogen-bond donors (Lipinski definition) is 0. The number of alkyl halides is 5. The summed E-state index contributed by atoms with van der Waals surface area (Å²) in [4.78, 5) is 16.3. The van der Waals surface area contributed by atoms with E-state index in [4.69, 9.17) is 0 Å². The number of pyridine rings is 1. The summed E-state index contributed by atoms with van der Waals surface area (Å²) in [5.41, 5.74) is 0.390. The van der Waals surface area contributed by atoms with Crippen LogP contribution in [0.4, 0.5) is 33.5 Å². The third kappa shape index (κ3) is 3.93. The third-order valence-electron chi connectivity index (χ3n) is 6.17. The van der Waals surface area contributed by atoms with E-state index < -0.39 is 24.8 Å². The molecule has 2 aliphatic heterocycles. The molecule has 2 fully saturated rings. The Morgan fingerprint density at radius 3 is 2.59 bits per heavy atom. The molecule has 7 nitrogen and oxygen atoms in total. The number of halogens is 5. The average Bonchev–Trinajstić information content (AvgIpc) is 3.36. The number of hydrogen-bond acceptors (Lipinski definition) is 6. The number of fused-ring (bicyclic) bond motifs is 2. The van der Waals surface area contributed by atoms with Crippen LogP contribution in [-0.2, 0) is 12.7 Å². The molecule has 2 aliphatic rings. The van der Waals surface area contributed by atoms with Crippen molar-refractivity contribution in [2.24, 2.45) is 11.8 Å². The molecule has 12 heteroatoms. The SMILES string of the molecule is FC(F)Cn1ncc2ncc(N3CC4CCN(c5ccnc(C(F)(F)F)c5)C[C@@H]4C3)nc21. The third-order valence-corrected chi connectivity index (χ3v) is 6.17. The minimum absolute atomic E-state index is 0.245. The predicted molar refractivity (Wildman–Crippen MR) is 107 cm³/mol. The number of aromatic nitrogens is 5. The van der Waals surface area contributed by atoms with E-state index in [0.29, 0.717) is 48.2 Å². The van der Waals surface area contributed by atoms with Gasteiger partial charge in [-0.25, -0.2) is 23.4 Å². The van der Waals surface area contributed by atoms with Gasteiger partial charge in [0.2, 0.25) is 0 Å². The fourth-order valence-electron chi connectivity index (χ4n) is 4.62. The van der Waals surface area contributed by atoms with E-state index in [1.54, 1.807) is 12.3 Å². The second kappa shape index (κ2) is 7.82. The molecule has 5 heterocycles. The van der Waals surface area contributed by atoms with Gasteiger partial charge >= 0.3 is 6.18 Å². The lowest BCUT2D eigenvalue weighted by Crippen LogP contribution is -2.40. The summed E-state index contributed by atoms with van der Waals surface area (Å²) in [6, 6.07) is 2.70. The summed E-state index contributed by atoms with van der Waals surface area (Å²) in [7, 11) is 0. The van der Waals surface area contributed by atoms with Crippen molar-refractivity contribution in [1.82, 2.24) is 24.7 Å². The molecule has 0 spiro atoms. The van der Waals surface area contributed by atoms with Gasteiger partial charge in [-0.15, -0.1) is 0 Å². The molecule has 3 aromatic heterocycles. The van der Waals surface area contributed by atoms with Crippen LogP contribution < -0.4 is 9.80 Å². The zero-order valence-electron chi connectivity index (χ0n) is 16.9. The fraction of sp³-hybridized carbons (Fsp3) is 0.500. The van der Waals surface area contributed by atoms with Gasteiger partial charge < -0.3 is 9.80 Å². The average molecular weight is 453 g/mol. The molecule has 1 unspecified atom stereocenters. The standard InChI is InChI=1S/C20H20F5N7/c21-17(22)11-32-19-15(6-28-32)27-7-18(29-19)31-8-12-2-4-30(9-13(12)10-31)14-1-3-26-16(5-14)20(23,24)25/h1,3,5-7,12-13,17H,2,4,8-11H2/t12?,13-/m1/s1. The first-order chi connectivity index (χ1) is 15.3. The van der Waals surface area contributed by atoms with Crippen molar-refractivity contribution in [2.75, 3.05) is 36.0 Å². The Balaban J connectivity index is 1.32. The lowest BCUT2D eigenvalue weighted by atomic mass is 9.88. The van der Waals surface area contributed by atoms with Gasteiger partial charge in [-0.05, 0) is 30.4 Å². The first-order valence-corrected chi connectivity index (χ1v) is 10.3. The van der Waals surface area contributed by atoms with Crippen molar-refractivity contribution in [1.29, 1.82) is 0 Å². The Kier molecular flexibility index (Phi) is 5.09. The van der Waals surface area contributed by atoms with Crippen molar-refractivity contribution in [2.45, 2.75) is 25.6 Å². The topological polar surface area (TPSA) is 63.0 Å². The lowest BCUT2D eigenvalue weighted by Gasteiger charge is -2.35. The Hall–Kier alpha value is -3.05. The van der Waals surface area contributed by atoms with Crippen LogP contribution in [0.2, 0.25) is 0 Å². The summed E-state index contributed by atoms with van der Waals surface area (Å²) in [6.07, 6.45) is -1.96. The molecule has 0 radical (unpaired) electrons. The van der Waals surface area contributed by atoms with Crippen LogP contribution in [0.15, 0.2) is 30.7 Å². The smallest absolute Gasteiger partial charge is 0.371 e. The molecule has 5 rings (SSSR count). The number of piperidine rings is 1. The second-order valence-electron chi connectivity index (χ2n) is 8.21. The summed E-state index contributed by atoms with van der Waals surface area (Å²) in [5.74, 6) is 1.21. The maximum absolute atomic E-state index is 13.0. The summed E-state index contributed by atoms with van der Waals surface area (Å²) < 4.78 is 65.8. The van der Waals surface area contributed by atoms with E-state index >= 15 is 0 Å². The van der Waals surface area contributed by atoms with E-state index in [1.807, 2.05) is 4.90 Å². The van der Waals surface area contributed by atoms with Gasteiger partial charge in [0.25, 0.3) is 6.43 Å². The van der Waals surface area contributed by atoms with Crippen LogP contribution in [0.5, 0.6) is 0 Å². The molecule has 0 bridgehead atoms. The van der Waals surface area contributed by atoms with E-state index in [1.165, 1.54) is 12.4 Å². The Bertz CT molecular complexity index is 1120. The molecule has 3 aromatic rings. The van der Waals surface area contributed by atoms with Crippen LogP contribution in [0.3, 0.4) is 0 Å². The highest BCUT2D eigenvalue weighted by Gasteiger charge is 2.39. The van der Waals surface area contributed by atoms with Gasteiger partial charge in [0.1, 0.15) is 23.6 Å². The quantitative estimate of drug-likeness (QED) is 0.564. The molecule has 32 heavy (non-hydrogen) atoms. The Morgan fingerprint density at radius 1 is 1.03 bits per heavy atom. The zero-order chi connectivity index (χ0) is 22.5. The number of anilines is 2. The van der Waals surface area contributed by atoms with Crippen molar-refractivity contribution in [3.8, 4) is 0 Å². The monoisotopic (exact) mass is 453 g/mol. The molecule has 0 N–H and O–H groups in total. The highest BCUT2D eigenvalue weighted by atomic mass is 19.4. The van der Waals surface area contributed by atoms with Gasteiger partial charge in [-0.3, -0.25) is 4.98 Å². The van der Waals surface area contributed by atoms with Crippen LogP contribution in [0.25, 0.3) is 11.2 Å². The van der Waals surface area contributed by atoms with Crippen molar-refractivity contribution < 1.29 is 22.0 Å². The molecule has 0 aliphatic carbocycles. The van der Waals surface area contributed by atoms with E-state index in [9.17, 15) is 22.0 Å². The first kappa shape index (κ1) is 20.8. The minimum atomic E-state index is -4.48. The first-order valence-electron chi connectivity index (χ1n) is 10.3. The highest BCUT2D eigenvalue weighted by Crippen LogP contribution is 2.36.